The van der Waals surface area contributed by atoms with E-state index in [0.29, 0.717) is 12.2 Å². The van der Waals surface area contributed by atoms with Crippen molar-refractivity contribution in [3.63, 3.8) is 0 Å². The van der Waals surface area contributed by atoms with E-state index in [-0.39, 0.29) is 5.91 Å². The van der Waals surface area contributed by atoms with Gasteiger partial charge in [0.15, 0.2) is 0 Å². The molecule has 2 N–H and O–H groups in total. The second-order valence-corrected chi connectivity index (χ2v) is 4.76. The number of nitrogens with one attached hydrogen (secondary N) is 2. The maximum atomic E-state index is 11.9. The smallest absolute Gasteiger partial charge is 0.225 e. The van der Waals surface area contributed by atoms with E-state index in [4.69, 9.17) is 4.74 Å². The number of para-hydroxylation sites is 2. The Kier molecular flexibility index (Phi) is 7.69. The molecule has 0 aliphatic heterocycles. The van der Waals surface area contributed by atoms with Crippen molar-refractivity contribution in [2.24, 2.45) is 0 Å². The van der Waals surface area contributed by atoms with Crippen molar-refractivity contribution >= 4 is 11.6 Å². The van der Waals surface area contributed by atoms with Crippen molar-refractivity contribution in [3.05, 3.63) is 24.3 Å². The first-order valence-corrected chi connectivity index (χ1v) is 6.93. The van der Waals surface area contributed by atoms with Crippen molar-refractivity contribution < 1.29 is 9.53 Å². The van der Waals surface area contributed by atoms with Gasteiger partial charge in [-0.05, 0) is 45.7 Å². The zero-order valence-electron chi connectivity index (χ0n) is 12.6. The summed E-state index contributed by atoms with van der Waals surface area (Å²) in [6.07, 6.45) is 1.56. The number of nitrogens with zero attached hydrogens (tertiary/aromatic N) is 1. The minimum absolute atomic E-state index is 0.00923. The third-order valence-electron chi connectivity index (χ3n) is 3.07. The largest absolute Gasteiger partial charge is 0.495 e. The van der Waals surface area contributed by atoms with Gasteiger partial charge in [0.05, 0.1) is 12.8 Å². The number of benzene rings is 1. The molecule has 0 aromatic heterocycles. The SMILES string of the molecule is CNCCCN(C)CCC(=O)Nc1ccccc1OC. The molecule has 5 heteroatoms. The molecule has 20 heavy (non-hydrogen) atoms. The number of carbonyl (C=O) groups is 1. The average molecular weight is 279 g/mol. The van der Waals surface area contributed by atoms with E-state index < -0.39 is 0 Å². The van der Waals surface area contributed by atoms with Gasteiger partial charge >= 0.3 is 0 Å². The number of methoxy groups -OCH3 is 1. The molecule has 0 aliphatic carbocycles. The Morgan fingerprint density at radius 1 is 1.30 bits per heavy atom. The van der Waals surface area contributed by atoms with Crippen LogP contribution in [0.15, 0.2) is 24.3 Å². The highest BCUT2D eigenvalue weighted by Gasteiger charge is 2.08. The summed E-state index contributed by atoms with van der Waals surface area (Å²) in [5.74, 6) is 0.693. The van der Waals surface area contributed by atoms with E-state index >= 15 is 0 Å². The van der Waals surface area contributed by atoms with Gasteiger partial charge < -0.3 is 20.3 Å². The fourth-order valence-electron chi connectivity index (χ4n) is 1.89. The Morgan fingerprint density at radius 2 is 2.05 bits per heavy atom. The molecule has 0 spiro atoms. The average Bonchev–Trinajstić information content (AvgIpc) is 2.46. The van der Waals surface area contributed by atoms with Crippen LogP contribution in [0.3, 0.4) is 0 Å². The molecular weight excluding hydrogens is 254 g/mol. The van der Waals surface area contributed by atoms with E-state index in [2.05, 4.69) is 15.5 Å². The summed E-state index contributed by atoms with van der Waals surface area (Å²) >= 11 is 0. The summed E-state index contributed by atoms with van der Waals surface area (Å²) in [6.45, 7) is 2.74. The van der Waals surface area contributed by atoms with Crippen LogP contribution in [0.4, 0.5) is 5.69 Å². The Labute approximate surface area is 121 Å². The molecule has 0 atom stereocenters. The second-order valence-electron chi connectivity index (χ2n) is 4.76. The van der Waals surface area contributed by atoms with E-state index in [1.165, 1.54) is 0 Å². The highest BCUT2D eigenvalue weighted by atomic mass is 16.5. The van der Waals surface area contributed by atoms with Gasteiger partial charge in [-0.15, -0.1) is 0 Å². The lowest BCUT2D eigenvalue weighted by molar-refractivity contribution is -0.116. The van der Waals surface area contributed by atoms with Crippen LogP contribution < -0.4 is 15.4 Å². The topological polar surface area (TPSA) is 53.6 Å². The Bertz CT molecular complexity index is 410. The third-order valence-corrected chi connectivity index (χ3v) is 3.07. The molecule has 0 aliphatic rings. The van der Waals surface area contributed by atoms with Gasteiger partial charge in [0, 0.05) is 13.0 Å². The van der Waals surface area contributed by atoms with Gasteiger partial charge in [0.2, 0.25) is 5.91 Å². The molecule has 1 aromatic rings. The number of hydrogen-bond donors (Lipinski definition) is 2. The minimum Gasteiger partial charge on any atom is -0.495 e. The highest BCUT2D eigenvalue weighted by Crippen LogP contribution is 2.22. The molecule has 0 fully saturated rings. The van der Waals surface area contributed by atoms with Gasteiger partial charge in [0.25, 0.3) is 0 Å². The second kappa shape index (κ2) is 9.34. The molecule has 1 amide bonds. The zero-order chi connectivity index (χ0) is 14.8. The molecule has 5 nitrogen and oxygen atoms in total. The van der Waals surface area contributed by atoms with Crippen LogP contribution in [0, 0.1) is 0 Å². The first kappa shape index (κ1) is 16.5. The van der Waals surface area contributed by atoms with Crippen LogP contribution in [0.25, 0.3) is 0 Å². The quantitative estimate of drug-likeness (QED) is 0.674. The van der Waals surface area contributed by atoms with E-state index in [9.17, 15) is 4.79 Å². The zero-order valence-corrected chi connectivity index (χ0v) is 12.6. The summed E-state index contributed by atoms with van der Waals surface area (Å²) < 4.78 is 5.21. The van der Waals surface area contributed by atoms with Crippen LogP contribution in [0.2, 0.25) is 0 Å². The van der Waals surface area contributed by atoms with Crippen molar-refractivity contribution in [2.75, 3.05) is 46.2 Å². The van der Waals surface area contributed by atoms with Crippen molar-refractivity contribution in [1.29, 1.82) is 0 Å². The van der Waals surface area contributed by atoms with Gasteiger partial charge in [-0.25, -0.2) is 0 Å². The molecule has 0 radical (unpaired) electrons. The van der Waals surface area contributed by atoms with Crippen LogP contribution >= 0.6 is 0 Å². The van der Waals surface area contributed by atoms with Gasteiger partial charge in [-0.1, -0.05) is 12.1 Å². The van der Waals surface area contributed by atoms with Crippen LogP contribution in [0.5, 0.6) is 5.75 Å². The van der Waals surface area contributed by atoms with Crippen LogP contribution in [-0.2, 0) is 4.79 Å². The highest BCUT2D eigenvalue weighted by molar-refractivity contribution is 5.92. The first-order valence-electron chi connectivity index (χ1n) is 6.93. The van der Waals surface area contributed by atoms with Crippen LogP contribution in [-0.4, -0.2) is 51.6 Å². The molecular formula is C15H25N3O2. The molecule has 1 aromatic carbocycles. The molecule has 0 saturated carbocycles. The monoisotopic (exact) mass is 279 g/mol. The summed E-state index contributed by atoms with van der Waals surface area (Å²) in [7, 11) is 5.58. The summed E-state index contributed by atoms with van der Waals surface area (Å²) in [5, 5.41) is 5.99. The molecule has 0 saturated heterocycles. The summed E-state index contributed by atoms with van der Waals surface area (Å²) in [4.78, 5) is 14.1. The van der Waals surface area contributed by atoms with Gasteiger partial charge in [0.1, 0.15) is 5.75 Å². The minimum atomic E-state index is 0.00923. The Morgan fingerprint density at radius 3 is 2.75 bits per heavy atom. The number of hydrogen-bond acceptors (Lipinski definition) is 4. The lowest BCUT2D eigenvalue weighted by Crippen LogP contribution is -2.27. The normalized spacial score (nSPS) is 10.6. The van der Waals surface area contributed by atoms with Gasteiger partial charge in [-0.3, -0.25) is 4.79 Å². The summed E-state index contributed by atoms with van der Waals surface area (Å²) in [5.41, 5.74) is 0.720. The van der Waals surface area contributed by atoms with Crippen LogP contribution in [0.1, 0.15) is 12.8 Å². The standard InChI is InChI=1S/C15H25N3O2/c1-16-10-6-11-18(2)12-9-15(19)17-13-7-4-5-8-14(13)20-3/h4-5,7-8,16H,6,9-12H2,1-3H3,(H,17,19). The lowest BCUT2D eigenvalue weighted by Gasteiger charge is -2.16. The number of rotatable bonds is 9. The number of carbonyl (C=O) groups excluding carboxylic acids is 1. The molecule has 0 heterocycles. The van der Waals surface area contributed by atoms with Crippen molar-refractivity contribution in [2.45, 2.75) is 12.8 Å². The molecule has 0 unspecified atom stereocenters. The fourth-order valence-corrected chi connectivity index (χ4v) is 1.89. The fraction of sp³-hybridized carbons (Fsp3) is 0.533. The first-order chi connectivity index (χ1) is 9.67. The predicted octanol–water partition coefficient (Wildman–Crippen LogP) is 1.57. The third kappa shape index (κ3) is 6.04. The van der Waals surface area contributed by atoms with E-state index in [1.807, 2.05) is 38.4 Å². The maximum absolute atomic E-state index is 11.9. The number of amides is 1. The Balaban J connectivity index is 2.33. The number of anilines is 1. The van der Waals surface area contributed by atoms with Crippen molar-refractivity contribution in [1.82, 2.24) is 10.2 Å². The molecule has 112 valence electrons. The summed E-state index contributed by atoms with van der Waals surface area (Å²) in [6, 6.07) is 7.43. The lowest BCUT2D eigenvalue weighted by atomic mass is 10.2. The molecule has 0 bridgehead atoms. The number of ether oxygens (including phenoxy) is 1. The predicted molar refractivity (Wildman–Crippen MR) is 82.3 cm³/mol. The molecule has 1 rings (SSSR count). The van der Waals surface area contributed by atoms with E-state index in [0.717, 1.165) is 31.7 Å². The Hall–Kier alpha value is -1.59. The van der Waals surface area contributed by atoms with Gasteiger partial charge in [-0.2, -0.15) is 0 Å². The maximum Gasteiger partial charge on any atom is 0.225 e. The van der Waals surface area contributed by atoms with E-state index in [1.54, 1.807) is 7.11 Å². The van der Waals surface area contributed by atoms with Crippen molar-refractivity contribution in [3.8, 4) is 5.75 Å².